The van der Waals surface area contributed by atoms with E-state index >= 15 is 0 Å². The fourth-order valence-electron chi connectivity index (χ4n) is 1.13. The van der Waals surface area contributed by atoms with Crippen molar-refractivity contribution in [3.8, 4) is 0 Å². The van der Waals surface area contributed by atoms with Gasteiger partial charge in [0.2, 0.25) is 0 Å². The first-order valence-electron chi connectivity index (χ1n) is 3.81. The van der Waals surface area contributed by atoms with Gasteiger partial charge < -0.3 is 4.74 Å². The Morgan fingerprint density at radius 2 is 2.42 bits per heavy atom. The maximum Gasteiger partial charge on any atom is 0.303 e. The Hall–Kier alpha value is -1.32. The average Bonchev–Trinajstić information content (AvgIpc) is 2.33. The quantitative estimate of drug-likeness (QED) is 0.516. The fourth-order valence-corrected chi connectivity index (χ4v) is 1.13. The molecular weight excluding hydrogens is 156 g/mol. The zero-order valence-electron chi connectivity index (χ0n) is 7.50. The largest absolute Gasteiger partial charge is 0.450 e. The molecule has 0 fully saturated rings. The third kappa shape index (κ3) is 1.84. The van der Waals surface area contributed by atoms with Crippen molar-refractivity contribution in [3.05, 3.63) is 18.2 Å². The molecular formula is C8H13N2O2+. The second-order valence-electron chi connectivity index (χ2n) is 2.71. The molecule has 1 heterocycles. The highest BCUT2D eigenvalue weighted by Crippen LogP contribution is 2.09. The van der Waals surface area contributed by atoms with Crippen molar-refractivity contribution in [3.63, 3.8) is 0 Å². The number of nitrogens with zero attached hydrogens (tertiary/aromatic N) is 1. The van der Waals surface area contributed by atoms with Gasteiger partial charge in [0.05, 0.1) is 7.05 Å². The van der Waals surface area contributed by atoms with E-state index in [0.717, 1.165) is 5.82 Å². The summed E-state index contributed by atoms with van der Waals surface area (Å²) in [5.41, 5.74) is 0. The molecule has 1 unspecified atom stereocenters. The number of nitrogens with one attached hydrogen (secondary N) is 1. The van der Waals surface area contributed by atoms with Gasteiger partial charge in [-0.1, -0.05) is 0 Å². The van der Waals surface area contributed by atoms with Crippen LogP contribution in [-0.2, 0) is 16.6 Å². The van der Waals surface area contributed by atoms with Crippen molar-refractivity contribution < 1.29 is 14.1 Å². The SMILES string of the molecule is CC(=O)OC(C)c1[nH]cc[n+]1C. The Bertz CT molecular complexity index is 280. The van der Waals surface area contributed by atoms with Crippen LogP contribution in [0.25, 0.3) is 0 Å². The van der Waals surface area contributed by atoms with E-state index < -0.39 is 0 Å². The summed E-state index contributed by atoms with van der Waals surface area (Å²) in [5, 5.41) is 0. The summed E-state index contributed by atoms with van der Waals surface area (Å²) in [6.07, 6.45) is 3.45. The van der Waals surface area contributed by atoms with Gasteiger partial charge in [0, 0.05) is 6.92 Å². The van der Waals surface area contributed by atoms with Crippen LogP contribution in [0, 0.1) is 0 Å². The van der Waals surface area contributed by atoms with Crippen LogP contribution < -0.4 is 4.57 Å². The third-order valence-electron chi connectivity index (χ3n) is 1.64. The Balaban J connectivity index is 2.71. The standard InChI is InChI=1S/C8H12N2O2/c1-6(12-7(2)11)8-9-4-5-10(8)3/h4-6H,1-3H3/p+1. The average molecular weight is 169 g/mol. The van der Waals surface area contributed by atoms with Crippen LogP contribution in [-0.4, -0.2) is 11.0 Å². The van der Waals surface area contributed by atoms with E-state index in [0.29, 0.717) is 0 Å². The van der Waals surface area contributed by atoms with E-state index in [9.17, 15) is 4.79 Å². The van der Waals surface area contributed by atoms with E-state index in [2.05, 4.69) is 4.98 Å². The van der Waals surface area contributed by atoms with Crippen LogP contribution in [0.3, 0.4) is 0 Å². The Labute approximate surface area is 71.2 Å². The number of H-pyrrole nitrogens is 1. The lowest BCUT2D eigenvalue weighted by Crippen LogP contribution is -2.32. The molecule has 1 rings (SSSR count). The molecule has 0 aliphatic carbocycles. The van der Waals surface area contributed by atoms with E-state index in [4.69, 9.17) is 4.74 Å². The van der Waals surface area contributed by atoms with E-state index in [1.54, 1.807) is 6.20 Å². The number of esters is 1. The number of carbonyl (C=O) groups is 1. The number of rotatable bonds is 2. The van der Waals surface area contributed by atoms with Gasteiger partial charge in [-0.3, -0.25) is 4.79 Å². The first-order chi connectivity index (χ1) is 5.61. The number of hydrogen-bond donors (Lipinski definition) is 1. The first kappa shape index (κ1) is 8.77. The fraction of sp³-hybridized carbons (Fsp3) is 0.500. The molecule has 0 amide bonds. The summed E-state index contributed by atoms with van der Waals surface area (Å²) < 4.78 is 6.87. The lowest BCUT2D eigenvalue weighted by molar-refractivity contribution is -0.681. The number of aromatic nitrogens is 2. The minimum absolute atomic E-state index is 0.220. The second-order valence-corrected chi connectivity index (χ2v) is 2.71. The van der Waals surface area contributed by atoms with Gasteiger partial charge >= 0.3 is 5.97 Å². The maximum absolute atomic E-state index is 10.6. The van der Waals surface area contributed by atoms with Crippen molar-refractivity contribution in [1.82, 2.24) is 4.98 Å². The van der Waals surface area contributed by atoms with Gasteiger partial charge in [0.15, 0.2) is 6.10 Å². The van der Waals surface area contributed by atoms with Crippen molar-refractivity contribution in [2.75, 3.05) is 0 Å². The summed E-state index contributed by atoms with van der Waals surface area (Å²) in [6.45, 7) is 3.23. The molecule has 1 atom stereocenters. The van der Waals surface area contributed by atoms with Gasteiger partial charge in [0.25, 0.3) is 5.82 Å². The normalized spacial score (nSPS) is 12.6. The third-order valence-corrected chi connectivity index (χ3v) is 1.64. The van der Waals surface area contributed by atoms with E-state index in [-0.39, 0.29) is 12.1 Å². The Kier molecular flexibility index (Phi) is 2.47. The highest BCUT2D eigenvalue weighted by molar-refractivity contribution is 5.66. The van der Waals surface area contributed by atoms with Gasteiger partial charge in [0.1, 0.15) is 12.4 Å². The minimum atomic E-state index is -0.267. The first-order valence-corrected chi connectivity index (χ1v) is 3.81. The molecule has 0 aromatic carbocycles. The van der Waals surface area contributed by atoms with Gasteiger partial charge in [-0.2, -0.15) is 0 Å². The maximum atomic E-state index is 10.6. The lowest BCUT2D eigenvalue weighted by atomic mass is 10.4. The predicted molar refractivity (Wildman–Crippen MR) is 42.1 cm³/mol. The predicted octanol–water partition coefficient (Wildman–Crippen LogP) is 0.463. The zero-order valence-corrected chi connectivity index (χ0v) is 7.50. The number of ether oxygens (including phenoxy) is 1. The van der Waals surface area contributed by atoms with Gasteiger partial charge in [-0.15, -0.1) is 0 Å². The van der Waals surface area contributed by atoms with Crippen molar-refractivity contribution >= 4 is 5.97 Å². The van der Waals surface area contributed by atoms with Crippen LogP contribution >= 0.6 is 0 Å². The molecule has 12 heavy (non-hydrogen) atoms. The van der Waals surface area contributed by atoms with Crippen LogP contribution in [0.1, 0.15) is 25.8 Å². The zero-order chi connectivity index (χ0) is 9.14. The molecule has 0 bridgehead atoms. The number of aryl methyl sites for hydroxylation is 1. The summed E-state index contributed by atoms with van der Waals surface area (Å²) in [6, 6.07) is 0. The molecule has 0 aliphatic heterocycles. The highest BCUT2D eigenvalue weighted by Gasteiger charge is 2.18. The molecule has 0 spiro atoms. The van der Waals surface area contributed by atoms with Crippen LogP contribution in [0.15, 0.2) is 12.4 Å². The molecule has 0 saturated heterocycles. The molecule has 0 saturated carbocycles. The topological polar surface area (TPSA) is 46.0 Å². The van der Waals surface area contributed by atoms with Crippen molar-refractivity contribution in [2.45, 2.75) is 20.0 Å². The number of aromatic amines is 1. The van der Waals surface area contributed by atoms with Gasteiger partial charge in [-0.25, -0.2) is 9.55 Å². The van der Waals surface area contributed by atoms with Crippen LogP contribution in [0.2, 0.25) is 0 Å². The molecule has 0 aliphatic rings. The molecule has 66 valence electrons. The Morgan fingerprint density at radius 3 is 2.83 bits per heavy atom. The second kappa shape index (κ2) is 3.38. The summed E-state index contributed by atoms with van der Waals surface area (Å²) in [5.74, 6) is 0.613. The van der Waals surface area contributed by atoms with Crippen molar-refractivity contribution in [2.24, 2.45) is 7.05 Å². The van der Waals surface area contributed by atoms with Gasteiger partial charge in [-0.05, 0) is 6.92 Å². The number of hydrogen-bond acceptors (Lipinski definition) is 2. The molecule has 1 N–H and O–H groups in total. The smallest absolute Gasteiger partial charge is 0.303 e. The summed E-state index contributed by atoms with van der Waals surface area (Å²) in [7, 11) is 1.89. The molecule has 4 heteroatoms. The molecule has 0 radical (unpaired) electrons. The highest BCUT2D eigenvalue weighted by atomic mass is 16.5. The summed E-state index contributed by atoms with van der Waals surface area (Å²) >= 11 is 0. The summed E-state index contributed by atoms with van der Waals surface area (Å²) in [4.78, 5) is 13.6. The van der Waals surface area contributed by atoms with Crippen LogP contribution in [0.4, 0.5) is 0 Å². The van der Waals surface area contributed by atoms with Crippen LogP contribution in [0.5, 0.6) is 0 Å². The van der Waals surface area contributed by atoms with E-state index in [1.165, 1.54) is 6.92 Å². The molecule has 1 aromatic heterocycles. The minimum Gasteiger partial charge on any atom is -0.450 e. The van der Waals surface area contributed by atoms with E-state index in [1.807, 2.05) is 24.7 Å². The number of imidazole rings is 1. The molecule has 1 aromatic rings. The monoisotopic (exact) mass is 169 g/mol. The Morgan fingerprint density at radius 1 is 1.75 bits per heavy atom. The number of carbonyl (C=O) groups excluding carboxylic acids is 1. The van der Waals surface area contributed by atoms with Crippen molar-refractivity contribution in [1.29, 1.82) is 0 Å². The lowest BCUT2D eigenvalue weighted by Gasteiger charge is -2.06. The molecule has 4 nitrogen and oxygen atoms in total.